The standard InChI is InChI=1S/C17H18N4O2S/c1-20(2)16(12-7-9-24-11-12)10-19-15-6-5-14-13(4-3-8-18-14)17(15)21(22)23/h3-9,11,16,19H,10H2,1-2H3/t16-/m0/s1. The van der Waals surface area contributed by atoms with Gasteiger partial charge < -0.3 is 10.2 Å². The number of fused-ring (bicyclic) bond motifs is 1. The van der Waals surface area contributed by atoms with Crippen LogP contribution in [0.2, 0.25) is 0 Å². The molecule has 0 saturated heterocycles. The zero-order chi connectivity index (χ0) is 17.1. The lowest BCUT2D eigenvalue weighted by atomic mass is 10.1. The third-order valence-electron chi connectivity index (χ3n) is 3.98. The average molecular weight is 342 g/mol. The SMILES string of the molecule is CN(C)[C@@H](CNc1ccc2ncccc2c1[N+](=O)[O-])c1ccsc1. The van der Waals surface area contributed by atoms with E-state index in [1.165, 1.54) is 5.56 Å². The predicted octanol–water partition coefficient (Wildman–Crippen LogP) is 3.92. The first-order chi connectivity index (χ1) is 11.6. The Morgan fingerprint density at radius 2 is 2.17 bits per heavy atom. The van der Waals surface area contributed by atoms with E-state index in [0.717, 1.165) is 0 Å². The van der Waals surface area contributed by atoms with Crippen LogP contribution in [0.25, 0.3) is 10.9 Å². The number of nitrogens with zero attached hydrogens (tertiary/aromatic N) is 3. The van der Waals surface area contributed by atoms with Crippen LogP contribution < -0.4 is 5.32 Å². The third kappa shape index (κ3) is 3.22. The molecule has 6 nitrogen and oxygen atoms in total. The summed E-state index contributed by atoms with van der Waals surface area (Å²) in [5, 5.41) is 19.5. The molecular formula is C17H18N4O2S. The summed E-state index contributed by atoms with van der Waals surface area (Å²) in [4.78, 5) is 17.5. The molecule has 0 unspecified atom stereocenters. The van der Waals surface area contributed by atoms with Crippen LogP contribution in [-0.4, -0.2) is 35.4 Å². The Bertz CT molecular complexity index is 849. The number of anilines is 1. The van der Waals surface area contributed by atoms with Crippen molar-refractivity contribution < 1.29 is 4.92 Å². The summed E-state index contributed by atoms with van der Waals surface area (Å²) < 4.78 is 0. The zero-order valence-electron chi connectivity index (χ0n) is 13.5. The Morgan fingerprint density at radius 3 is 2.83 bits per heavy atom. The van der Waals surface area contributed by atoms with Crippen LogP contribution >= 0.6 is 11.3 Å². The maximum Gasteiger partial charge on any atom is 0.301 e. The number of benzene rings is 1. The fourth-order valence-corrected chi connectivity index (χ4v) is 3.45. The van der Waals surface area contributed by atoms with Gasteiger partial charge in [-0.2, -0.15) is 11.3 Å². The zero-order valence-corrected chi connectivity index (χ0v) is 14.3. The number of hydrogen-bond donors (Lipinski definition) is 1. The van der Waals surface area contributed by atoms with E-state index in [1.54, 1.807) is 41.8 Å². The van der Waals surface area contributed by atoms with Gasteiger partial charge in [-0.25, -0.2) is 0 Å². The monoisotopic (exact) mass is 342 g/mol. The van der Waals surface area contributed by atoms with Crippen molar-refractivity contribution in [3.8, 4) is 0 Å². The van der Waals surface area contributed by atoms with Gasteiger partial charge in [0.2, 0.25) is 0 Å². The molecule has 1 aromatic carbocycles. The van der Waals surface area contributed by atoms with Gasteiger partial charge in [0.1, 0.15) is 5.69 Å². The molecule has 1 N–H and O–H groups in total. The lowest BCUT2D eigenvalue weighted by molar-refractivity contribution is -0.382. The van der Waals surface area contributed by atoms with Gasteiger partial charge in [-0.1, -0.05) is 0 Å². The van der Waals surface area contributed by atoms with Crippen molar-refractivity contribution in [1.29, 1.82) is 0 Å². The topological polar surface area (TPSA) is 71.3 Å². The minimum Gasteiger partial charge on any atom is -0.378 e. The first kappa shape index (κ1) is 16.4. The van der Waals surface area contributed by atoms with E-state index in [9.17, 15) is 10.1 Å². The van der Waals surface area contributed by atoms with Crippen LogP contribution in [0.15, 0.2) is 47.3 Å². The molecule has 0 saturated carbocycles. The quantitative estimate of drug-likeness (QED) is 0.543. The minimum absolute atomic E-state index is 0.0726. The lowest BCUT2D eigenvalue weighted by Crippen LogP contribution is -2.26. The molecule has 0 fully saturated rings. The molecule has 0 aliphatic heterocycles. The minimum atomic E-state index is -0.346. The van der Waals surface area contributed by atoms with Gasteiger partial charge in [0.25, 0.3) is 0 Å². The van der Waals surface area contributed by atoms with Crippen molar-refractivity contribution in [3.63, 3.8) is 0 Å². The Balaban J connectivity index is 1.92. The molecular weight excluding hydrogens is 324 g/mol. The molecule has 124 valence electrons. The summed E-state index contributed by atoms with van der Waals surface area (Å²) >= 11 is 1.65. The van der Waals surface area contributed by atoms with Crippen molar-refractivity contribution in [2.24, 2.45) is 0 Å². The summed E-state index contributed by atoms with van der Waals surface area (Å²) in [6, 6.07) is 9.20. The van der Waals surface area contributed by atoms with Crippen molar-refractivity contribution in [2.45, 2.75) is 6.04 Å². The van der Waals surface area contributed by atoms with Gasteiger partial charge in [0, 0.05) is 12.7 Å². The number of nitro benzene ring substituents is 1. The van der Waals surface area contributed by atoms with Gasteiger partial charge in [-0.05, 0) is 60.8 Å². The highest BCUT2D eigenvalue weighted by molar-refractivity contribution is 7.07. The molecule has 0 bridgehead atoms. The van der Waals surface area contributed by atoms with Crippen molar-refractivity contribution in [2.75, 3.05) is 26.0 Å². The van der Waals surface area contributed by atoms with E-state index in [4.69, 9.17) is 0 Å². The number of thiophene rings is 1. The highest BCUT2D eigenvalue weighted by Crippen LogP contribution is 2.33. The summed E-state index contributed by atoms with van der Waals surface area (Å²) in [5.41, 5.74) is 2.41. The second-order valence-corrected chi connectivity index (χ2v) is 6.49. The number of rotatable bonds is 6. The molecule has 3 aromatic rings. The number of hydrogen-bond acceptors (Lipinski definition) is 6. The van der Waals surface area contributed by atoms with E-state index < -0.39 is 0 Å². The van der Waals surface area contributed by atoms with Crippen LogP contribution in [0.4, 0.5) is 11.4 Å². The van der Waals surface area contributed by atoms with Gasteiger partial charge in [0.15, 0.2) is 0 Å². The predicted molar refractivity (Wildman–Crippen MR) is 97.6 cm³/mol. The van der Waals surface area contributed by atoms with Crippen molar-refractivity contribution >= 4 is 33.6 Å². The van der Waals surface area contributed by atoms with Crippen LogP contribution in [0.1, 0.15) is 11.6 Å². The largest absolute Gasteiger partial charge is 0.378 e. The van der Waals surface area contributed by atoms with Crippen LogP contribution in [0.5, 0.6) is 0 Å². The number of pyridine rings is 1. The summed E-state index contributed by atoms with van der Waals surface area (Å²) in [7, 11) is 4.01. The fourth-order valence-electron chi connectivity index (χ4n) is 2.75. The Labute approximate surface area is 143 Å². The Hall–Kier alpha value is -2.51. The van der Waals surface area contributed by atoms with E-state index >= 15 is 0 Å². The fraction of sp³-hybridized carbons (Fsp3) is 0.235. The van der Waals surface area contributed by atoms with Gasteiger partial charge >= 0.3 is 5.69 Å². The summed E-state index contributed by atoms with van der Waals surface area (Å²) in [5.74, 6) is 0. The molecule has 3 rings (SSSR count). The van der Waals surface area contributed by atoms with Gasteiger partial charge in [-0.3, -0.25) is 15.1 Å². The van der Waals surface area contributed by atoms with Crippen LogP contribution in [0, 0.1) is 10.1 Å². The van der Waals surface area contributed by atoms with Gasteiger partial charge in [-0.15, -0.1) is 0 Å². The molecule has 2 aromatic heterocycles. The first-order valence-corrected chi connectivity index (χ1v) is 8.46. The molecule has 0 aliphatic rings. The van der Waals surface area contributed by atoms with E-state index in [0.29, 0.717) is 23.1 Å². The number of nitro groups is 1. The number of likely N-dealkylation sites (N-methyl/N-ethyl adjacent to an activating group) is 1. The number of aromatic nitrogens is 1. The van der Waals surface area contributed by atoms with Crippen molar-refractivity contribution in [3.05, 3.63) is 63.0 Å². The van der Waals surface area contributed by atoms with Crippen LogP contribution in [0.3, 0.4) is 0 Å². The maximum absolute atomic E-state index is 11.6. The third-order valence-corrected chi connectivity index (χ3v) is 4.68. The molecule has 0 amide bonds. The lowest BCUT2D eigenvalue weighted by Gasteiger charge is -2.24. The normalized spacial score (nSPS) is 12.5. The number of nitrogens with one attached hydrogen (secondary N) is 1. The maximum atomic E-state index is 11.6. The molecule has 7 heteroatoms. The highest BCUT2D eigenvalue weighted by Gasteiger charge is 2.21. The molecule has 0 spiro atoms. The van der Waals surface area contributed by atoms with E-state index in [2.05, 4.69) is 26.6 Å². The Morgan fingerprint density at radius 1 is 1.33 bits per heavy atom. The highest BCUT2D eigenvalue weighted by atomic mass is 32.1. The molecule has 24 heavy (non-hydrogen) atoms. The van der Waals surface area contributed by atoms with Crippen LogP contribution in [-0.2, 0) is 0 Å². The second kappa shape index (κ2) is 6.94. The van der Waals surface area contributed by atoms with E-state index in [1.807, 2.05) is 19.5 Å². The molecule has 0 aliphatic carbocycles. The van der Waals surface area contributed by atoms with Crippen molar-refractivity contribution in [1.82, 2.24) is 9.88 Å². The smallest absolute Gasteiger partial charge is 0.301 e. The summed E-state index contributed by atoms with van der Waals surface area (Å²) in [6.45, 7) is 0.580. The molecule has 1 atom stereocenters. The molecule has 2 heterocycles. The second-order valence-electron chi connectivity index (χ2n) is 5.71. The molecule has 0 radical (unpaired) electrons. The van der Waals surface area contributed by atoms with Gasteiger partial charge in [0.05, 0.1) is 21.9 Å². The Kier molecular flexibility index (Phi) is 4.73. The first-order valence-electron chi connectivity index (χ1n) is 7.52. The summed E-state index contributed by atoms with van der Waals surface area (Å²) in [6.07, 6.45) is 1.64. The average Bonchev–Trinajstić information content (AvgIpc) is 3.08. The van der Waals surface area contributed by atoms with E-state index in [-0.39, 0.29) is 16.7 Å².